The van der Waals surface area contributed by atoms with Gasteiger partial charge in [0.2, 0.25) is 0 Å². The first-order chi connectivity index (χ1) is 9.61. The molecular weight excluding hydrogens is 261 g/mol. The third kappa shape index (κ3) is 3.14. The lowest BCUT2D eigenvalue weighted by Crippen LogP contribution is -2.26. The molecule has 1 amide bonds. The Morgan fingerprint density at radius 2 is 2.35 bits per heavy atom. The van der Waals surface area contributed by atoms with E-state index in [0.29, 0.717) is 17.7 Å². The van der Waals surface area contributed by atoms with Gasteiger partial charge in [0.1, 0.15) is 0 Å². The van der Waals surface area contributed by atoms with Crippen LogP contribution in [0.1, 0.15) is 35.8 Å². The highest BCUT2D eigenvalue weighted by atomic mass is 19.1. The standard InChI is InChI=1S/C14H16FN3O2/c1-3-20-13-5-4-10(6-12(13)15)9(2)18-14(19)11-7-16-17-8-11/h4-9H,3H2,1-2H3,(H,16,17)(H,18,19). The number of aromatic amines is 1. The van der Waals surface area contributed by atoms with Gasteiger partial charge in [-0.2, -0.15) is 5.10 Å². The van der Waals surface area contributed by atoms with Crippen LogP contribution in [0.3, 0.4) is 0 Å². The second-order valence-electron chi connectivity index (χ2n) is 4.30. The van der Waals surface area contributed by atoms with Crippen molar-refractivity contribution in [3.8, 4) is 5.75 Å². The molecule has 2 aromatic rings. The molecule has 0 bridgehead atoms. The first-order valence-corrected chi connectivity index (χ1v) is 6.33. The number of rotatable bonds is 5. The zero-order chi connectivity index (χ0) is 14.5. The fourth-order valence-electron chi connectivity index (χ4n) is 1.80. The number of hydrogen-bond donors (Lipinski definition) is 2. The number of H-pyrrole nitrogens is 1. The largest absolute Gasteiger partial charge is 0.491 e. The SMILES string of the molecule is CCOc1ccc(C(C)NC(=O)c2cn[nH]c2)cc1F. The first-order valence-electron chi connectivity index (χ1n) is 6.33. The molecule has 0 saturated carbocycles. The fraction of sp³-hybridized carbons (Fsp3) is 0.286. The van der Waals surface area contributed by atoms with E-state index in [-0.39, 0.29) is 17.7 Å². The number of benzene rings is 1. The van der Waals surface area contributed by atoms with Crippen molar-refractivity contribution in [3.63, 3.8) is 0 Å². The normalized spacial score (nSPS) is 11.9. The van der Waals surface area contributed by atoms with Crippen molar-refractivity contribution in [2.75, 3.05) is 6.61 Å². The van der Waals surface area contributed by atoms with Crippen molar-refractivity contribution >= 4 is 5.91 Å². The fourth-order valence-corrected chi connectivity index (χ4v) is 1.80. The summed E-state index contributed by atoms with van der Waals surface area (Å²) < 4.78 is 18.9. The highest BCUT2D eigenvalue weighted by Gasteiger charge is 2.14. The third-order valence-electron chi connectivity index (χ3n) is 2.86. The molecule has 0 saturated heterocycles. The number of ether oxygens (including phenoxy) is 1. The van der Waals surface area contributed by atoms with Crippen molar-refractivity contribution in [2.45, 2.75) is 19.9 Å². The summed E-state index contributed by atoms with van der Waals surface area (Å²) in [7, 11) is 0. The predicted octanol–water partition coefficient (Wildman–Crippen LogP) is 2.44. The van der Waals surface area contributed by atoms with Crippen LogP contribution in [0.25, 0.3) is 0 Å². The number of nitrogens with zero attached hydrogens (tertiary/aromatic N) is 1. The summed E-state index contributed by atoms with van der Waals surface area (Å²) in [6, 6.07) is 4.34. The smallest absolute Gasteiger partial charge is 0.254 e. The van der Waals surface area contributed by atoms with E-state index in [1.807, 2.05) is 0 Å². The van der Waals surface area contributed by atoms with Gasteiger partial charge in [0.05, 0.1) is 24.4 Å². The molecule has 20 heavy (non-hydrogen) atoms. The Bertz CT molecular complexity index is 584. The molecule has 2 N–H and O–H groups in total. The maximum Gasteiger partial charge on any atom is 0.254 e. The highest BCUT2D eigenvalue weighted by Crippen LogP contribution is 2.22. The molecule has 0 aliphatic carbocycles. The van der Waals surface area contributed by atoms with Gasteiger partial charge in [-0.3, -0.25) is 9.89 Å². The molecule has 2 rings (SSSR count). The minimum atomic E-state index is -0.436. The van der Waals surface area contributed by atoms with E-state index < -0.39 is 5.82 Å². The lowest BCUT2D eigenvalue weighted by molar-refractivity contribution is 0.0940. The molecule has 1 aromatic carbocycles. The van der Waals surface area contributed by atoms with E-state index in [1.165, 1.54) is 18.5 Å². The molecular formula is C14H16FN3O2. The van der Waals surface area contributed by atoms with E-state index in [4.69, 9.17) is 4.74 Å². The first kappa shape index (κ1) is 14.0. The van der Waals surface area contributed by atoms with Crippen molar-refractivity contribution < 1.29 is 13.9 Å². The Hall–Kier alpha value is -2.37. The number of carbonyl (C=O) groups is 1. The van der Waals surface area contributed by atoms with E-state index in [2.05, 4.69) is 15.5 Å². The lowest BCUT2D eigenvalue weighted by atomic mass is 10.1. The van der Waals surface area contributed by atoms with Crippen LogP contribution in [0.2, 0.25) is 0 Å². The Morgan fingerprint density at radius 3 is 2.95 bits per heavy atom. The van der Waals surface area contributed by atoms with E-state index >= 15 is 0 Å². The van der Waals surface area contributed by atoms with E-state index in [0.717, 1.165) is 0 Å². The summed E-state index contributed by atoms with van der Waals surface area (Å²) in [6.07, 6.45) is 2.93. The molecule has 106 valence electrons. The number of aromatic nitrogens is 2. The van der Waals surface area contributed by atoms with Gasteiger partial charge >= 0.3 is 0 Å². The summed E-state index contributed by atoms with van der Waals surface area (Å²) in [5.74, 6) is -0.487. The van der Waals surface area contributed by atoms with Gasteiger partial charge in [0.25, 0.3) is 5.91 Å². The van der Waals surface area contributed by atoms with Crippen LogP contribution in [0, 0.1) is 5.82 Å². The van der Waals surface area contributed by atoms with Gasteiger partial charge in [0.15, 0.2) is 11.6 Å². The topological polar surface area (TPSA) is 67.0 Å². The van der Waals surface area contributed by atoms with Gasteiger partial charge in [-0.1, -0.05) is 6.07 Å². The van der Waals surface area contributed by atoms with Crippen LogP contribution in [0.4, 0.5) is 4.39 Å². The van der Waals surface area contributed by atoms with Crippen LogP contribution in [0.15, 0.2) is 30.6 Å². The zero-order valence-corrected chi connectivity index (χ0v) is 11.3. The van der Waals surface area contributed by atoms with Crippen LogP contribution < -0.4 is 10.1 Å². The number of amides is 1. The summed E-state index contributed by atoms with van der Waals surface area (Å²) in [5.41, 5.74) is 1.10. The average Bonchev–Trinajstić information content (AvgIpc) is 2.95. The average molecular weight is 277 g/mol. The number of hydrogen-bond acceptors (Lipinski definition) is 3. The van der Waals surface area contributed by atoms with Gasteiger partial charge < -0.3 is 10.1 Å². The molecule has 0 radical (unpaired) electrons. The van der Waals surface area contributed by atoms with Gasteiger partial charge in [-0.15, -0.1) is 0 Å². The van der Waals surface area contributed by atoms with Gasteiger partial charge in [-0.25, -0.2) is 4.39 Å². The molecule has 0 aliphatic rings. The molecule has 0 fully saturated rings. The van der Waals surface area contributed by atoms with Crippen LogP contribution in [-0.4, -0.2) is 22.7 Å². The molecule has 0 aliphatic heterocycles. The lowest BCUT2D eigenvalue weighted by Gasteiger charge is -2.15. The number of nitrogens with one attached hydrogen (secondary N) is 2. The maximum atomic E-state index is 13.8. The summed E-state index contributed by atoms with van der Waals surface area (Å²) in [4.78, 5) is 11.9. The summed E-state index contributed by atoms with van der Waals surface area (Å²) in [6.45, 7) is 3.98. The van der Waals surface area contributed by atoms with Crippen molar-refractivity contribution in [3.05, 3.63) is 47.5 Å². The van der Waals surface area contributed by atoms with Gasteiger partial charge in [0, 0.05) is 6.20 Å². The second-order valence-corrected chi connectivity index (χ2v) is 4.30. The molecule has 0 spiro atoms. The monoisotopic (exact) mass is 277 g/mol. The Labute approximate surface area is 116 Å². The van der Waals surface area contributed by atoms with Gasteiger partial charge in [-0.05, 0) is 31.5 Å². The molecule has 5 nitrogen and oxygen atoms in total. The van der Waals surface area contributed by atoms with E-state index in [9.17, 15) is 9.18 Å². The number of halogens is 1. The minimum absolute atomic E-state index is 0.213. The summed E-state index contributed by atoms with van der Waals surface area (Å²) in [5, 5.41) is 9.04. The summed E-state index contributed by atoms with van der Waals surface area (Å²) >= 11 is 0. The Balaban J connectivity index is 2.07. The minimum Gasteiger partial charge on any atom is -0.491 e. The predicted molar refractivity (Wildman–Crippen MR) is 72.0 cm³/mol. The van der Waals surface area contributed by atoms with E-state index in [1.54, 1.807) is 26.0 Å². The molecule has 1 aromatic heterocycles. The Morgan fingerprint density at radius 1 is 1.55 bits per heavy atom. The van der Waals surface area contributed by atoms with Crippen molar-refractivity contribution in [2.24, 2.45) is 0 Å². The quantitative estimate of drug-likeness (QED) is 0.882. The molecule has 1 heterocycles. The molecule has 6 heteroatoms. The second kappa shape index (κ2) is 6.18. The van der Waals surface area contributed by atoms with Crippen LogP contribution in [0.5, 0.6) is 5.75 Å². The Kier molecular flexibility index (Phi) is 4.34. The number of carbonyl (C=O) groups excluding carboxylic acids is 1. The molecule has 1 unspecified atom stereocenters. The van der Waals surface area contributed by atoms with Crippen LogP contribution in [-0.2, 0) is 0 Å². The molecule has 1 atom stereocenters. The van der Waals surface area contributed by atoms with Crippen LogP contribution >= 0.6 is 0 Å². The zero-order valence-electron chi connectivity index (χ0n) is 11.3. The third-order valence-corrected chi connectivity index (χ3v) is 2.86. The van der Waals surface area contributed by atoms with Crippen molar-refractivity contribution in [1.82, 2.24) is 15.5 Å². The maximum absolute atomic E-state index is 13.8. The highest BCUT2D eigenvalue weighted by molar-refractivity contribution is 5.93. The van der Waals surface area contributed by atoms with Crippen molar-refractivity contribution in [1.29, 1.82) is 0 Å².